The van der Waals surface area contributed by atoms with Crippen LogP contribution in [0.5, 0.6) is 0 Å². The summed E-state index contributed by atoms with van der Waals surface area (Å²) < 4.78 is 12.9. The monoisotopic (exact) mass is 290 g/mol. The molecule has 0 saturated carbocycles. The van der Waals surface area contributed by atoms with E-state index in [-0.39, 0.29) is 5.82 Å². The summed E-state index contributed by atoms with van der Waals surface area (Å²) in [6.07, 6.45) is 5.26. The molecular formula is C16H19FN2S. The zero-order chi connectivity index (χ0) is 14.4. The van der Waals surface area contributed by atoms with E-state index in [2.05, 4.69) is 30.2 Å². The van der Waals surface area contributed by atoms with Gasteiger partial charge in [-0.25, -0.2) is 9.37 Å². The molecule has 20 heavy (non-hydrogen) atoms. The van der Waals surface area contributed by atoms with Gasteiger partial charge in [0, 0.05) is 17.0 Å². The lowest BCUT2D eigenvalue weighted by Crippen LogP contribution is -2.24. The quantitative estimate of drug-likeness (QED) is 0.855. The number of nitrogens with one attached hydrogen (secondary N) is 1. The van der Waals surface area contributed by atoms with Crippen molar-refractivity contribution >= 4 is 17.4 Å². The lowest BCUT2D eigenvalue weighted by Gasteiger charge is -2.06. The molecule has 1 aromatic heterocycles. The van der Waals surface area contributed by atoms with Crippen LogP contribution in [0.3, 0.4) is 0 Å². The van der Waals surface area contributed by atoms with Crippen molar-refractivity contribution < 1.29 is 4.39 Å². The van der Waals surface area contributed by atoms with Crippen LogP contribution in [-0.2, 0) is 0 Å². The van der Waals surface area contributed by atoms with Crippen molar-refractivity contribution in [1.29, 1.82) is 0 Å². The molecule has 0 aliphatic carbocycles. The summed E-state index contributed by atoms with van der Waals surface area (Å²) >= 11 is 1.57. The maximum atomic E-state index is 12.9. The van der Waals surface area contributed by atoms with Crippen LogP contribution in [0.15, 0.2) is 35.7 Å². The number of hydrogen-bond acceptors (Lipinski definition) is 3. The third kappa shape index (κ3) is 4.25. The van der Waals surface area contributed by atoms with E-state index in [4.69, 9.17) is 0 Å². The lowest BCUT2D eigenvalue weighted by molar-refractivity contribution is 0.625. The number of hydrogen-bond donors (Lipinski definition) is 1. The Hall–Kier alpha value is -1.52. The minimum absolute atomic E-state index is 0.221. The van der Waals surface area contributed by atoms with Crippen molar-refractivity contribution in [3.05, 3.63) is 47.2 Å². The molecule has 0 aliphatic rings. The molecule has 1 atom stereocenters. The number of benzene rings is 1. The topological polar surface area (TPSA) is 24.9 Å². The van der Waals surface area contributed by atoms with Gasteiger partial charge in [0.1, 0.15) is 10.8 Å². The molecule has 4 heteroatoms. The normalized spacial score (nSPS) is 12.9. The fraction of sp³-hybridized carbons (Fsp3) is 0.312. The molecule has 0 fully saturated rings. The lowest BCUT2D eigenvalue weighted by atomic mass is 10.2. The van der Waals surface area contributed by atoms with Crippen molar-refractivity contribution in [3.63, 3.8) is 0 Å². The Bertz CT molecular complexity index is 560. The van der Waals surface area contributed by atoms with Gasteiger partial charge in [-0.2, -0.15) is 0 Å². The fourth-order valence-corrected chi connectivity index (χ4v) is 2.56. The summed E-state index contributed by atoms with van der Waals surface area (Å²) in [5, 5.41) is 6.33. The molecule has 1 unspecified atom stereocenters. The van der Waals surface area contributed by atoms with Gasteiger partial charge in [-0.3, -0.25) is 0 Å². The summed E-state index contributed by atoms with van der Waals surface area (Å²) in [4.78, 5) is 4.54. The summed E-state index contributed by atoms with van der Waals surface area (Å²) in [5.41, 5.74) is 1.90. The number of halogens is 1. The zero-order valence-electron chi connectivity index (χ0n) is 11.8. The molecule has 0 bridgehead atoms. The average molecular weight is 290 g/mol. The second kappa shape index (κ2) is 7.31. The van der Waals surface area contributed by atoms with Crippen molar-refractivity contribution in [2.24, 2.45) is 0 Å². The Morgan fingerprint density at radius 2 is 2.10 bits per heavy atom. The Labute approximate surface area is 123 Å². The maximum Gasteiger partial charge on any atom is 0.124 e. The van der Waals surface area contributed by atoms with E-state index < -0.39 is 0 Å². The predicted molar refractivity (Wildman–Crippen MR) is 84.3 cm³/mol. The number of rotatable bonds is 6. The molecule has 1 heterocycles. The van der Waals surface area contributed by atoms with Gasteiger partial charge in [-0.15, -0.1) is 11.3 Å². The van der Waals surface area contributed by atoms with E-state index in [9.17, 15) is 4.39 Å². The van der Waals surface area contributed by atoms with Gasteiger partial charge in [-0.1, -0.05) is 13.0 Å². The molecule has 0 saturated heterocycles. The second-order valence-electron chi connectivity index (χ2n) is 4.69. The molecule has 0 aliphatic heterocycles. The summed E-state index contributed by atoms with van der Waals surface area (Å²) in [6.45, 7) is 5.29. The van der Waals surface area contributed by atoms with Crippen molar-refractivity contribution in [1.82, 2.24) is 10.3 Å². The average Bonchev–Trinajstić information content (AvgIpc) is 2.92. The Morgan fingerprint density at radius 1 is 1.35 bits per heavy atom. The number of nitrogens with zero attached hydrogens (tertiary/aromatic N) is 1. The van der Waals surface area contributed by atoms with E-state index >= 15 is 0 Å². The molecule has 2 rings (SSSR count). The van der Waals surface area contributed by atoms with Crippen LogP contribution >= 0.6 is 11.3 Å². The molecule has 0 spiro atoms. The maximum absolute atomic E-state index is 12.9. The van der Waals surface area contributed by atoms with Gasteiger partial charge < -0.3 is 5.32 Å². The van der Waals surface area contributed by atoms with Crippen molar-refractivity contribution in [2.75, 3.05) is 6.54 Å². The Kier molecular flexibility index (Phi) is 5.44. The van der Waals surface area contributed by atoms with Gasteiger partial charge in [-0.05, 0) is 50.2 Å². The Morgan fingerprint density at radius 3 is 2.80 bits per heavy atom. The molecule has 0 radical (unpaired) electrons. The van der Waals surface area contributed by atoms with E-state index in [0.717, 1.165) is 29.2 Å². The van der Waals surface area contributed by atoms with Crippen LogP contribution < -0.4 is 5.32 Å². The first-order chi connectivity index (χ1) is 9.69. The molecule has 106 valence electrons. The Balaban J connectivity index is 2.02. The van der Waals surface area contributed by atoms with E-state index in [1.165, 1.54) is 12.1 Å². The van der Waals surface area contributed by atoms with Gasteiger partial charge in [0.25, 0.3) is 0 Å². The van der Waals surface area contributed by atoms with E-state index in [1.54, 1.807) is 23.5 Å². The largest absolute Gasteiger partial charge is 0.311 e. The first-order valence-electron chi connectivity index (χ1n) is 6.82. The van der Waals surface area contributed by atoms with Crippen LogP contribution in [-0.4, -0.2) is 17.6 Å². The highest BCUT2D eigenvalue weighted by Gasteiger charge is 2.03. The third-order valence-electron chi connectivity index (χ3n) is 2.89. The SMILES string of the molecule is CCCNC(C)/C=C/c1csc(-c2ccc(F)cc2)n1. The highest BCUT2D eigenvalue weighted by molar-refractivity contribution is 7.13. The summed E-state index contributed by atoms with van der Waals surface area (Å²) in [5.74, 6) is -0.221. The first kappa shape index (κ1) is 14.9. The van der Waals surface area contributed by atoms with Gasteiger partial charge in [0.05, 0.1) is 5.69 Å². The second-order valence-corrected chi connectivity index (χ2v) is 5.54. The zero-order valence-corrected chi connectivity index (χ0v) is 12.6. The van der Waals surface area contributed by atoms with Crippen molar-refractivity contribution in [2.45, 2.75) is 26.3 Å². The molecule has 1 N–H and O–H groups in total. The minimum atomic E-state index is -0.221. The highest BCUT2D eigenvalue weighted by atomic mass is 32.1. The molecular weight excluding hydrogens is 271 g/mol. The van der Waals surface area contributed by atoms with Crippen LogP contribution in [0.2, 0.25) is 0 Å². The molecule has 1 aromatic carbocycles. The molecule has 2 nitrogen and oxygen atoms in total. The molecule has 0 amide bonds. The molecule has 2 aromatic rings. The minimum Gasteiger partial charge on any atom is -0.311 e. The van der Waals surface area contributed by atoms with E-state index in [0.29, 0.717) is 6.04 Å². The van der Waals surface area contributed by atoms with Crippen LogP contribution in [0, 0.1) is 5.82 Å². The summed E-state index contributed by atoms with van der Waals surface area (Å²) in [6, 6.07) is 6.78. The number of aromatic nitrogens is 1. The first-order valence-corrected chi connectivity index (χ1v) is 7.70. The van der Waals surface area contributed by atoms with Crippen LogP contribution in [0.4, 0.5) is 4.39 Å². The number of thiazole rings is 1. The van der Waals surface area contributed by atoms with Crippen LogP contribution in [0.25, 0.3) is 16.6 Å². The smallest absolute Gasteiger partial charge is 0.124 e. The predicted octanol–water partition coefficient (Wildman–Crippen LogP) is 4.35. The third-order valence-corrected chi connectivity index (χ3v) is 3.79. The van der Waals surface area contributed by atoms with Crippen molar-refractivity contribution in [3.8, 4) is 10.6 Å². The highest BCUT2D eigenvalue weighted by Crippen LogP contribution is 2.24. The fourth-order valence-electron chi connectivity index (χ4n) is 1.77. The van der Waals surface area contributed by atoms with Gasteiger partial charge >= 0.3 is 0 Å². The summed E-state index contributed by atoms with van der Waals surface area (Å²) in [7, 11) is 0. The standard InChI is InChI=1S/C16H19FN2S/c1-3-10-18-12(2)4-9-15-11-20-16(19-15)13-5-7-14(17)8-6-13/h4-9,11-12,18H,3,10H2,1-2H3/b9-4+. The van der Waals surface area contributed by atoms with E-state index in [1.807, 2.05) is 11.5 Å². The van der Waals surface area contributed by atoms with Gasteiger partial charge in [0.15, 0.2) is 0 Å². The van der Waals surface area contributed by atoms with Crippen LogP contribution in [0.1, 0.15) is 26.0 Å². The van der Waals surface area contributed by atoms with Gasteiger partial charge in [0.2, 0.25) is 0 Å².